The third-order valence-corrected chi connectivity index (χ3v) is 5.27. The second-order valence-electron chi connectivity index (χ2n) is 7.59. The Balaban J connectivity index is 1.78. The van der Waals surface area contributed by atoms with Gasteiger partial charge in [-0.3, -0.25) is 0 Å². The van der Waals surface area contributed by atoms with Crippen molar-refractivity contribution in [3.05, 3.63) is 64.5 Å². The largest absolute Gasteiger partial charge is 0.432 e. The summed E-state index contributed by atoms with van der Waals surface area (Å²) < 4.78 is 107. The standard InChI is InChI=1S/C22H21F7O2/c1-2-3-4-12-5-6-19(30-11-12)13-7-15(23)20(16(24)8-13)22(28,29)31-14-9-17(25)21(27)18(26)10-14/h7-10,12,19H,2-6,11H2,1H3. The first-order valence-corrected chi connectivity index (χ1v) is 9.94. The van der Waals surface area contributed by atoms with Gasteiger partial charge in [-0.15, -0.1) is 0 Å². The summed E-state index contributed by atoms with van der Waals surface area (Å²) in [6, 6.07) is 1.78. The van der Waals surface area contributed by atoms with Crippen LogP contribution in [0.4, 0.5) is 30.7 Å². The van der Waals surface area contributed by atoms with E-state index in [0.717, 1.165) is 37.8 Å². The van der Waals surface area contributed by atoms with Crippen LogP contribution in [0, 0.1) is 35.0 Å². The second kappa shape index (κ2) is 9.46. The maximum atomic E-state index is 14.5. The highest BCUT2D eigenvalue weighted by atomic mass is 19.3. The van der Waals surface area contributed by atoms with E-state index < -0.39 is 52.6 Å². The summed E-state index contributed by atoms with van der Waals surface area (Å²) in [6.07, 6.45) is -0.879. The summed E-state index contributed by atoms with van der Waals surface area (Å²) in [6.45, 7) is 2.48. The highest BCUT2D eigenvalue weighted by Gasteiger charge is 2.42. The Morgan fingerprint density at radius 3 is 2.06 bits per heavy atom. The molecule has 2 unspecified atom stereocenters. The first-order chi connectivity index (χ1) is 14.6. The number of benzene rings is 2. The molecule has 170 valence electrons. The van der Waals surface area contributed by atoms with E-state index in [1.54, 1.807) is 0 Å². The number of ether oxygens (including phenoxy) is 2. The predicted octanol–water partition coefficient (Wildman–Crippen LogP) is 7.17. The lowest BCUT2D eigenvalue weighted by molar-refractivity contribution is -0.189. The number of rotatable bonds is 7. The molecule has 9 heteroatoms. The molecule has 1 fully saturated rings. The minimum Gasteiger partial charge on any atom is -0.429 e. The molecule has 1 heterocycles. The highest BCUT2D eigenvalue weighted by molar-refractivity contribution is 5.32. The summed E-state index contributed by atoms with van der Waals surface area (Å²) in [5, 5.41) is 0. The predicted molar refractivity (Wildman–Crippen MR) is 98.1 cm³/mol. The lowest BCUT2D eigenvalue weighted by Crippen LogP contribution is -2.26. The molecule has 0 amide bonds. The summed E-state index contributed by atoms with van der Waals surface area (Å²) >= 11 is 0. The van der Waals surface area contributed by atoms with E-state index in [0.29, 0.717) is 18.9 Å². The van der Waals surface area contributed by atoms with Crippen molar-refractivity contribution in [2.75, 3.05) is 6.61 Å². The van der Waals surface area contributed by atoms with E-state index in [4.69, 9.17) is 4.74 Å². The fourth-order valence-corrected chi connectivity index (χ4v) is 3.64. The molecule has 2 atom stereocenters. The van der Waals surface area contributed by atoms with Gasteiger partial charge in [-0.2, -0.15) is 8.78 Å². The molecule has 1 aliphatic rings. The maximum absolute atomic E-state index is 14.5. The van der Waals surface area contributed by atoms with Gasteiger partial charge in [-0.05, 0) is 42.9 Å². The zero-order valence-corrected chi connectivity index (χ0v) is 16.7. The van der Waals surface area contributed by atoms with Gasteiger partial charge in [-0.1, -0.05) is 19.8 Å². The number of halogens is 7. The monoisotopic (exact) mass is 450 g/mol. The Bertz CT molecular complexity index is 878. The molecule has 2 aromatic rings. The molecule has 0 radical (unpaired) electrons. The smallest absolute Gasteiger partial charge is 0.429 e. The van der Waals surface area contributed by atoms with Crippen LogP contribution in [0.1, 0.15) is 56.3 Å². The minimum atomic E-state index is -4.61. The first kappa shape index (κ1) is 23.4. The van der Waals surface area contributed by atoms with Gasteiger partial charge in [0, 0.05) is 12.1 Å². The average Bonchev–Trinajstić information content (AvgIpc) is 2.69. The Morgan fingerprint density at radius 2 is 1.55 bits per heavy atom. The summed E-state index contributed by atoms with van der Waals surface area (Å²) in [4.78, 5) is 0. The molecule has 0 N–H and O–H groups in total. The second-order valence-corrected chi connectivity index (χ2v) is 7.59. The maximum Gasteiger partial charge on any atom is 0.432 e. The number of hydrogen-bond acceptors (Lipinski definition) is 2. The van der Waals surface area contributed by atoms with E-state index in [-0.39, 0.29) is 17.7 Å². The fourth-order valence-electron chi connectivity index (χ4n) is 3.64. The van der Waals surface area contributed by atoms with Gasteiger partial charge in [0.05, 0.1) is 12.7 Å². The van der Waals surface area contributed by atoms with Gasteiger partial charge in [-0.25, -0.2) is 22.0 Å². The van der Waals surface area contributed by atoms with Crippen molar-refractivity contribution >= 4 is 0 Å². The van der Waals surface area contributed by atoms with Crippen LogP contribution in [0.15, 0.2) is 24.3 Å². The first-order valence-electron chi connectivity index (χ1n) is 9.94. The topological polar surface area (TPSA) is 18.5 Å². The van der Waals surface area contributed by atoms with Gasteiger partial charge < -0.3 is 9.47 Å². The molecule has 2 nitrogen and oxygen atoms in total. The summed E-state index contributed by atoms with van der Waals surface area (Å²) in [5.74, 6) is -9.43. The normalized spacial score (nSPS) is 19.5. The van der Waals surface area contributed by atoms with E-state index in [1.807, 2.05) is 0 Å². The molecular weight excluding hydrogens is 429 g/mol. The van der Waals surface area contributed by atoms with Crippen LogP contribution in [0.3, 0.4) is 0 Å². The van der Waals surface area contributed by atoms with E-state index >= 15 is 0 Å². The molecular formula is C22H21F7O2. The fraction of sp³-hybridized carbons (Fsp3) is 0.455. The van der Waals surface area contributed by atoms with Crippen molar-refractivity contribution in [2.24, 2.45) is 5.92 Å². The van der Waals surface area contributed by atoms with Crippen molar-refractivity contribution in [2.45, 2.75) is 51.2 Å². The lowest BCUT2D eigenvalue weighted by atomic mass is 9.91. The molecule has 1 aliphatic heterocycles. The van der Waals surface area contributed by atoms with Crippen LogP contribution in [0.2, 0.25) is 0 Å². The van der Waals surface area contributed by atoms with Crippen molar-refractivity contribution in [1.29, 1.82) is 0 Å². The summed E-state index contributed by atoms with van der Waals surface area (Å²) in [5.41, 5.74) is -1.65. The molecule has 0 saturated carbocycles. The van der Waals surface area contributed by atoms with E-state index in [9.17, 15) is 30.7 Å². The Labute approximate surface area is 175 Å². The molecule has 1 saturated heterocycles. The average molecular weight is 450 g/mol. The number of unbranched alkanes of at least 4 members (excludes halogenated alkanes) is 1. The van der Waals surface area contributed by atoms with Gasteiger partial charge in [0.15, 0.2) is 17.5 Å². The molecule has 0 spiro atoms. The zero-order valence-electron chi connectivity index (χ0n) is 16.7. The van der Waals surface area contributed by atoms with Crippen molar-refractivity contribution in [1.82, 2.24) is 0 Å². The molecule has 2 aromatic carbocycles. The van der Waals surface area contributed by atoms with E-state index in [2.05, 4.69) is 11.7 Å². The molecule has 0 aliphatic carbocycles. The van der Waals surface area contributed by atoms with Crippen LogP contribution in [0.25, 0.3) is 0 Å². The zero-order chi connectivity index (χ0) is 22.8. The van der Waals surface area contributed by atoms with Gasteiger partial charge in [0.2, 0.25) is 0 Å². The lowest BCUT2D eigenvalue weighted by Gasteiger charge is -2.30. The van der Waals surface area contributed by atoms with Gasteiger partial charge in [0.25, 0.3) is 0 Å². The van der Waals surface area contributed by atoms with E-state index in [1.165, 1.54) is 0 Å². The molecule has 0 aromatic heterocycles. The summed E-state index contributed by atoms with van der Waals surface area (Å²) in [7, 11) is 0. The number of hydrogen-bond donors (Lipinski definition) is 0. The Hall–Kier alpha value is -2.29. The molecule has 31 heavy (non-hydrogen) atoms. The van der Waals surface area contributed by atoms with Crippen molar-refractivity contribution < 1.29 is 40.2 Å². The van der Waals surface area contributed by atoms with Crippen LogP contribution >= 0.6 is 0 Å². The van der Waals surface area contributed by atoms with Crippen molar-refractivity contribution in [3.63, 3.8) is 0 Å². The van der Waals surface area contributed by atoms with Crippen LogP contribution in [0.5, 0.6) is 5.75 Å². The van der Waals surface area contributed by atoms with Gasteiger partial charge in [0.1, 0.15) is 22.9 Å². The van der Waals surface area contributed by atoms with Crippen molar-refractivity contribution in [3.8, 4) is 5.75 Å². The third kappa shape index (κ3) is 5.31. The van der Waals surface area contributed by atoms with Crippen LogP contribution in [-0.2, 0) is 10.8 Å². The Morgan fingerprint density at radius 1 is 0.935 bits per heavy atom. The van der Waals surface area contributed by atoms with Crippen LogP contribution < -0.4 is 4.74 Å². The van der Waals surface area contributed by atoms with Crippen LogP contribution in [-0.4, -0.2) is 6.61 Å². The quantitative estimate of drug-likeness (QED) is 0.329. The highest BCUT2D eigenvalue weighted by Crippen LogP contribution is 2.39. The van der Waals surface area contributed by atoms with Gasteiger partial charge >= 0.3 is 6.11 Å². The minimum absolute atomic E-state index is 0.0716. The molecule has 0 bridgehead atoms. The third-order valence-electron chi connectivity index (χ3n) is 5.27. The number of alkyl halides is 2. The SMILES string of the molecule is CCCCC1CCC(c2cc(F)c(C(F)(F)Oc3cc(F)c(F)c(F)c3)c(F)c2)OC1. The molecule has 3 rings (SSSR count). The Kier molecular flexibility index (Phi) is 7.13.